The van der Waals surface area contributed by atoms with Gasteiger partial charge in [-0.05, 0) is 12.1 Å². The van der Waals surface area contributed by atoms with Crippen molar-refractivity contribution < 1.29 is 9.53 Å². The van der Waals surface area contributed by atoms with Crippen molar-refractivity contribution in [2.24, 2.45) is 5.92 Å². The molecule has 1 aromatic carbocycles. The van der Waals surface area contributed by atoms with E-state index in [1.54, 1.807) is 7.11 Å². The summed E-state index contributed by atoms with van der Waals surface area (Å²) < 4.78 is 7.37. The number of urea groups is 1. The number of methoxy groups -OCH3 is 1. The third kappa shape index (κ3) is 3.53. The standard InChI is InChI=1S/C18H24N4O2/c1-13(2)17-19-7-8-21(17)10-14-11-22(12-14)18(23)20-15-5-4-6-16(9-15)24-3/h4-9,13-14H,10-12H2,1-3H3,(H,20,23). The van der Waals surface area contributed by atoms with Crippen molar-refractivity contribution in [2.75, 3.05) is 25.5 Å². The molecule has 0 radical (unpaired) electrons. The van der Waals surface area contributed by atoms with Crippen LogP contribution in [-0.4, -0.2) is 40.7 Å². The van der Waals surface area contributed by atoms with Crippen molar-refractivity contribution >= 4 is 11.7 Å². The molecule has 0 bridgehead atoms. The van der Waals surface area contributed by atoms with Crippen molar-refractivity contribution in [1.29, 1.82) is 0 Å². The molecule has 1 aromatic heterocycles. The van der Waals surface area contributed by atoms with Gasteiger partial charge in [0.25, 0.3) is 0 Å². The normalized spacial score (nSPS) is 14.6. The second kappa shape index (κ2) is 6.95. The maximum atomic E-state index is 12.3. The van der Waals surface area contributed by atoms with E-state index in [0.717, 1.165) is 36.9 Å². The van der Waals surface area contributed by atoms with Crippen LogP contribution in [0, 0.1) is 5.92 Å². The Balaban J connectivity index is 1.50. The van der Waals surface area contributed by atoms with E-state index in [9.17, 15) is 4.79 Å². The average Bonchev–Trinajstić information content (AvgIpc) is 2.99. The number of aromatic nitrogens is 2. The highest BCUT2D eigenvalue weighted by molar-refractivity contribution is 5.90. The summed E-state index contributed by atoms with van der Waals surface area (Å²) in [6, 6.07) is 7.33. The van der Waals surface area contributed by atoms with Gasteiger partial charge in [-0.3, -0.25) is 0 Å². The van der Waals surface area contributed by atoms with E-state index in [0.29, 0.717) is 11.8 Å². The van der Waals surface area contributed by atoms with Crippen molar-refractivity contribution in [1.82, 2.24) is 14.5 Å². The van der Waals surface area contributed by atoms with E-state index >= 15 is 0 Å². The van der Waals surface area contributed by atoms with Crippen molar-refractivity contribution in [2.45, 2.75) is 26.3 Å². The Morgan fingerprint density at radius 2 is 2.21 bits per heavy atom. The van der Waals surface area contributed by atoms with Gasteiger partial charge in [-0.1, -0.05) is 19.9 Å². The SMILES string of the molecule is COc1cccc(NC(=O)N2CC(Cn3ccnc3C(C)C)C2)c1. The van der Waals surface area contributed by atoms with E-state index in [1.165, 1.54) is 0 Å². The number of carbonyl (C=O) groups excluding carboxylic acids is 1. The maximum absolute atomic E-state index is 12.3. The minimum atomic E-state index is -0.0609. The summed E-state index contributed by atoms with van der Waals surface area (Å²) in [5.74, 6) is 2.73. The van der Waals surface area contributed by atoms with Crippen LogP contribution in [0.1, 0.15) is 25.6 Å². The van der Waals surface area contributed by atoms with Gasteiger partial charge in [-0.25, -0.2) is 9.78 Å². The molecule has 1 aliphatic rings. The zero-order valence-electron chi connectivity index (χ0n) is 14.4. The molecule has 0 saturated carbocycles. The van der Waals surface area contributed by atoms with E-state index in [4.69, 9.17) is 4.74 Å². The summed E-state index contributed by atoms with van der Waals surface area (Å²) in [5, 5.41) is 2.92. The number of benzene rings is 1. The first-order valence-corrected chi connectivity index (χ1v) is 8.28. The molecule has 0 aliphatic carbocycles. The second-order valence-electron chi connectivity index (χ2n) is 6.53. The Hall–Kier alpha value is -2.50. The molecular formula is C18H24N4O2. The molecule has 3 rings (SSSR count). The number of imidazole rings is 1. The van der Waals surface area contributed by atoms with Gasteiger partial charge in [0.15, 0.2) is 0 Å². The fourth-order valence-electron chi connectivity index (χ4n) is 3.01. The fourth-order valence-corrected chi connectivity index (χ4v) is 3.01. The lowest BCUT2D eigenvalue weighted by molar-refractivity contribution is 0.119. The number of hydrogen-bond acceptors (Lipinski definition) is 3. The Labute approximate surface area is 142 Å². The van der Waals surface area contributed by atoms with Crippen molar-refractivity contribution in [3.8, 4) is 5.75 Å². The lowest BCUT2D eigenvalue weighted by atomic mass is 10.0. The molecule has 1 aliphatic heterocycles. The van der Waals surface area contributed by atoms with Crippen LogP contribution in [0.4, 0.5) is 10.5 Å². The molecule has 128 valence electrons. The van der Waals surface area contributed by atoms with Gasteiger partial charge in [-0.15, -0.1) is 0 Å². The smallest absolute Gasteiger partial charge is 0.321 e. The van der Waals surface area contributed by atoms with Crippen LogP contribution >= 0.6 is 0 Å². The number of hydrogen-bond donors (Lipinski definition) is 1. The minimum Gasteiger partial charge on any atom is -0.497 e. The molecule has 1 N–H and O–H groups in total. The highest BCUT2D eigenvalue weighted by Gasteiger charge is 2.31. The van der Waals surface area contributed by atoms with Crippen LogP contribution in [0.25, 0.3) is 0 Å². The van der Waals surface area contributed by atoms with E-state index in [-0.39, 0.29) is 6.03 Å². The number of ether oxygens (including phenoxy) is 1. The summed E-state index contributed by atoms with van der Waals surface area (Å²) >= 11 is 0. The number of nitrogens with zero attached hydrogens (tertiary/aromatic N) is 3. The molecule has 0 atom stereocenters. The first-order chi connectivity index (χ1) is 11.6. The molecule has 2 amide bonds. The average molecular weight is 328 g/mol. The lowest BCUT2D eigenvalue weighted by Gasteiger charge is -2.39. The van der Waals surface area contributed by atoms with Crippen LogP contribution in [0.15, 0.2) is 36.7 Å². The molecule has 1 saturated heterocycles. The fraction of sp³-hybridized carbons (Fsp3) is 0.444. The third-order valence-corrected chi connectivity index (χ3v) is 4.28. The van der Waals surface area contributed by atoms with Crippen LogP contribution in [0.2, 0.25) is 0 Å². The summed E-state index contributed by atoms with van der Waals surface area (Å²) in [6.07, 6.45) is 3.87. The van der Waals surface area contributed by atoms with E-state index in [2.05, 4.69) is 28.7 Å². The van der Waals surface area contributed by atoms with Crippen LogP contribution in [0.5, 0.6) is 5.75 Å². The zero-order valence-corrected chi connectivity index (χ0v) is 14.4. The van der Waals surface area contributed by atoms with Crippen LogP contribution < -0.4 is 10.1 Å². The largest absolute Gasteiger partial charge is 0.497 e. The molecule has 6 nitrogen and oxygen atoms in total. The molecule has 2 aromatic rings. The summed E-state index contributed by atoms with van der Waals surface area (Å²) in [5.41, 5.74) is 0.750. The first kappa shape index (κ1) is 16.4. The highest BCUT2D eigenvalue weighted by Crippen LogP contribution is 2.22. The number of amides is 2. The van der Waals surface area contributed by atoms with Gasteiger partial charge >= 0.3 is 6.03 Å². The number of carbonyl (C=O) groups is 1. The van der Waals surface area contributed by atoms with Gasteiger partial charge in [0.1, 0.15) is 11.6 Å². The van der Waals surface area contributed by atoms with Crippen molar-refractivity contribution in [3.05, 3.63) is 42.5 Å². The molecule has 6 heteroatoms. The number of rotatable bonds is 5. The Kier molecular flexibility index (Phi) is 4.74. The quantitative estimate of drug-likeness (QED) is 0.917. The predicted molar refractivity (Wildman–Crippen MR) is 93.4 cm³/mol. The second-order valence-corrected chi connectivity index (χ2v) is 6.53. The first-order valence-electron chi connectivity index (χ1n) is 8.28. The molecule has 2 heterocycles. The topological polar surface area (TPSA) is 59.4 Å². The lowest BCUT2D eigenvalue weighted by Crippen LogP contribution is -2.53. The van der Waals surface area contributed by atoms with Gasteiger partial charge in [0, 0.05) is 55.6 Å². The van der Waals surface area contributed by atoms with E-state index < -0.39 is 0 Å². The van der Waals surface area contributed by atoms with Gasteiger partial charge < -0.3 is 19.5 Å². The number of nitrogens with one attached hydrogen (secondary N) is 1. The minimum absolute atomic E-state index is 0.0609. The molecule has 0 spiro atoms. The summed E-state index contributed by atoms with van der Waals surface area (Å²) in [6.45, 7) is 6.74. The molecule has 1 fully saturated rings. The van der Waals surface area contributed by atoms with E-state index in [1.807, 2.05) is 41.6 Å². The third-order valence-electron chi connectivity index (χ3n) is 4.28. The van der Waals surface area contributed by atoms with Crippen LogP contribution in [0.3, 0.4) is 0 Å². The Bertz CT molecular complexity index is 705. The maximum Gasteiger partial charge on any atom is 0.321 e. The van der Waals surface area contributed by atoms with Gasteiger partial charge in [0.05, 0.1) is 7.11 Å². The van der Waals surface area contributed by atoms with Gasteiger partial charge in [0.2, 0.25) is 0 Å². The Morgan fingerprint density at radius 3 is 2.92 bits per heavy atom. The monoisotopic (exact) mass is 328 g/mol. The molecule has 24 heavy (non-hydrogen) atoms. The summed E-state index contributed by atoms with van der Waals surface area (Å²) in [4.78, 5) is 18.5. The molecular weight excluding hydrogens is 304 g/mol. The molecule has 0 unspecified atom stereocenters. The highest BCUT2D eigenvalue weighted by atomic mass is 16.5. The zero-order chi connectivity index (χ0) is 17.1. The predicted octanol–water partition coefficient (Wildman–Crippen LogP) is 3.18. The van der Waals surface area contributed by atoms with Crippen LogP contribution in [-0.2, 0) is 6.54 Å². The number of likely N-dealkylation sites (tertiary alicyclic amines) is 1. The van der Waals surface area contributed by atoms with Crippen molar-refractivity contribution in [3.63, 3.8) is 0 Å². The number of anilines is 1. The van der Waals surface area contributed by atoms with Gasteiger partial charge in [-0.2, -0.15) is 0 Å². The Morgan fingerprint density at radius 1 is 1.42 bits per heavy atom. The summed E-state index contributed by atoms with van der Waals surface area (Å²) in [7, 11) is 1.61.